The summed E-state index contributed by atoms with van der Waals surface area (Å²) in [5.41, 5.74) is 0.455. The highest BCUT2D eigenvalue weighted by atomic mass is 35.5. The monoisotopic (exact) mass is 264 g/mol. The lowest BCUT2D eigenvalue weighted by molar-refractivity contribution is 0.141. The first kappa shape index (κ1) is 17.2. The number of halogens is 1. The zero-order valence-electron chi connectivity index (χ0n) is 11.5. The molecule has 1 fully saturated rings. The molecule has 0 aliphatic carbocycles. The number of hydrogen-bond donors (Lipinski definition) is 3. The fourth-order valence-electron chi connectivity index (χ4n) is 2.58. The van der Waals surface area contributed by atoms with Crippen molar-refractivity contribution in [3.05, 3.63) is 0 Å². The fraction of sp³-hybridized carbons (Fsp3) is 1.00. The van der Waals surface area contributed by atoms with Crippen LogP contribution in [-0.2, 0) is 0 Å². The van der Waals surface area contributed by atoms with Gasteiger partial charge < -0.3 is 15.7 Å². The maximum absolute atomic E-state index is 9.69. The van der Waals surface area contributed by atoms with E-state index in [0.29, 0.717) is 11.3 Å². The fourth-order valence-corrected chi connectivity index (χ4v) is 2.58. The summed E-state index contributed by atoms with van der Waals surface area (Å²) < 4.78 is 0. The molecule has 3 nitrogen and oxygen atoms in total. The summed E-state index contributed by atoms with van der Waals surface area (Å²) in [6.07, 6.45) is 3.54. The van der Waals surface area contributed by atoms with Gasteiger partial charge in [0, 0.05) is 32.1 Å². The Morgan fingerprint density at radius 3 is 2.18 bits per heavy atom. The third kappa shape index (κ3) is 4.74. The van der Waals surface area contributed by atoms with Crippen LogP contribution in [-0.4, -0.2) is 37.4 Å². The van der Waals surface area contributed by atoms with Gasteiger partial charge >= 0.3 is 0 Å². The van der Waals surface area contributed by atoms with Crippen LogP contribution < -0.4 is 10.6 Å². The van der Waals surface area contributed by atoms with E-state index in [9.17, 15) is 5.11 Å². The third-order valence-electron chi connectivity index (χ3n) is 4.46. The Kier molecular flexibility index (Phi) is 8.39. The molecule has 2 unspecified atom stereocenters. The van der Waals surface area contributed by atoms with Gasteiger partial charge in [0.25, 0.3) is 0 Å². The lowest BCUT2D eigenvalue weighted by atomic mass is 9.80. The van der Waals surface area contributed by atoms with Crippen molar-refractivity contribution in [2.75, 3.05) is 26.2 Å². The van der Waals surface area contributed by atoms with Crippen molar-refractivity contribution in [1.29, 1.82) is 0 Å². The van der Waals surface area contributed by atoms with E-state index >= 15 is 0 Å². The van der Waals surface area contributed by atoms with Gasteiger partial charge in [-0.25, -0.2) is 0 Å². The number of β-amino-alcohol motifs (C(OH)–C–C–N with tert-alkyl or cyclic N) is 1. The second-order valence-corrected chi connectivity index (χ2v) is 5.18. The van der Waals surface area contributed by atoms with Crippen molar-refractivity contribution in [1.82, 2.24) is 10.6 Å². The van der Waals surface area contributed by atoms with Gasteiger partial charge in [0.05, 0.1) is 6.10 Å². The Balaban J connectivity index is 0.00000256. The zero-order valence-corrected chi connectivity index (χ0v) is 12.3. The summed E-state index contributed by atoms with van der Waals surface area (Å²) in [6.45, 7) is 10.6. The highest BCUT2D eigenvalue weighted by Crippen LogP contribution is 2.29. The summed E-state index contributed by atoms with van der Waals surface area (Å²) >= 11 is 0. The maximum Gasteiger partial charge on any atom is 0.0716 e. The molecule has 17 heavy (non-hydrogen) atoms. The molecule has 1 heterocycles. The van der Waals surface area contributed by atoms with Crippen LogP contribution in [0.25, 0.3) is 0 Å². The number of rotatable bonds is 7. The van der Waals surface area contributed by atoms with Crippen LogP contribution in [0.2, 0.25) is 0 Å². The molecule has 1 aliphatic rings. The van der Waals surface area contributed by atoms with Crippen molar-refractivity contribution in [2.24, 2.45) is 11.3 Å². The van der Waals surface area contributed by atoms with Crippen molar-refractivity contribution < 1.29 is 5.11 Å². The molecule has 0 bridgehead atoms. The Labute approximate surface area is 112 Å². The zero-order chi connectivity index (χ0) is 12.0. The molecule has 1 rings (SSSR count). The lowest BCUT2D eigenvalue weighted by Crippen LogP contribution is -2.38. The van der Waals surface area contributed by atoms with Gasteiger partial charge in [0.15, 0.2) is 0 Å². The topological polar surface area (TPSA) is 44.3 Å². The summed E-state index contributed by atoms with van der Waals surface area (Å²) in [5, 5.41) is 16.5. The van der Waals surface area contributed by atoms with Crippen molar-refractivity contribution in [2.45, 2.75) is 46.1 Å². The van der Waals surface area contributed by atoms with Crippen molar-refractivity contribution in [3.63, 3.8) is 0 Å². The molecular formula is C13H29ClN2O. The average molecular weight is 265 g/mol. The third-order valence-corrected chi connectivity index (χ3v) is 4.46. The van der Waals surface area contributed by atoms with E-state index in [-0.39, 0.29) is 18.5 Å². The van der Waals surface area contributed by atoms with Crippen LogP contribution in [0.1, 0.15) is 40.0 Å². The summed E-state index contributed by atoms with van der Waals surface area (Å²) in [7, 11) is 0. The quantitative estimate of drug-likeness (QED) is 0.657. The van der Waals surface area contributed by atoms with E-state index in [1.807, 2.05) is 0 Å². The summed E-state index contributed by atoms with van der Waals surface area (Å²) in [4.78, 5) is 0. The second kappa shape index (κ2) is 8.30. The first-order valence-corrected chi connectivity index (χ1v) is 6.77. The van der Waals surface area contributed by atoms with Crippen LogP contribution in [0.15, 0.2) is 0 Å². The standard InChI is InChI=1S/C13H28N2O.ClH/c1-4-13(5-2,6-3)10-15-8-11-7-14-9-12(11)16;/h11-12,14-16H,4-10H2,1-3H3;1H. The Morgan fingerprint density at radius 1 is 1.18 bits per heavy atom. The smallest absolute Gasteiger partial charge is 0.0716 e. The highest BCUT2D eigenvalue weighted by molar-refractivity contribution is 5.85. The number of nitrogens with one attached hydrogen (secondary N) is 2. The van der Waals surface area contributed by atoms with Gasteiger partial charge in [-0.1, -0.05) is 20.8 Å². The van der Waals surface area contributed by atoms with Gasteiger partial charge in [-0.05, 0) is 24.7 Å². The summed E-state index contributed by atoms with van der Waals surface area (Å²) in [5.74, 6) is 0.392. The Morgan fingerprint density at radius 2 is 1.76 bits per heavy atom. The molecule has 2 atom stereocenters. The minimum atomic E-state index is -0.160. The molecule has 0 aromatic carbocycles. The predicted octanol–water partition coefficient (Wildman–Crippen LogP) is 1.79. The van der Waals surface area contributed by atoms with Crippen molar-refractivity contribution in [3.8, 4) is 0 Å². The molecule has 104 valence electrons. The second-order valence-electron chi connectivity index (χ2n) is 5.18. The Bertz CT molecular complexity index is 190. The first-order chi connectivity index (χ1) is 7.67. The minimum Gasteiger partial charge on any atom is -0.391 e. The molecule has 0 saturated carbocycles. The van der Waals surface area contributed by atoms with Crippen LogP contribution in [0.4, 0.5) is 0 Å². The van der Waals surface area contributed by atoms with Gasteiger partial charge in [-0.15, -0.1) is 12.4 Å². The van der Waals surface area contributed by atoms with Crippen LogP contribution in [0.3, 0.4) is 0 Å². The van der Waals surface area contributed by atoms with Gasteiger partial charge in [-0.3, -0.25) is 0 Å². The molecule has 1 aliphatic heterocycles. The molecule has 0 aromatic rings. The molecule has 0 radical (unpaired) electrons. The minimum absolute atomic E-state index is 0. The molecule has 1 saturated heterocycles. The summed E-state index contributed by atoms with van der Waals surface area (Å²) in [6, 6.07) is 0. The number of hydrogen-bond acceptors (Lipinski definition) is 3. The largest absolute Gasteiger partial charge is 0.391 e. The van der Waals surface area contributed by atoms with Gasteiger partial charge in [0.2, 0.25) is 0 Å². The predicted molar refractivity (Wildman–Crippen MR) is 75.8 cm³/mol. The molecule has 3 N–H and O–H groups in total. The van der Waals surface area contributed by atoms with E-state index in [4.69, 9.17) is 0 Å². The van der Waals surface area contributed by atoms with E-state index in [0.717, 1.165) is 26.2 Å². The van der Waals surface area contributed by atoms with E-state index in [2.05, 4.69) is 31.4 Å². The molecular weight excluding hydrogens is 236 g/mol. The maximum atomic E-state index is 9.69. The van der Waals surface area contributed by atoms with Crippen LogP contribution in [0.5, 0.6) is 0 Å². The van der Waals surface area contributed by atoms with E-state index < -0.39 is 0 Å². The van der Waals surface area contributed by atoms with E-state index in [1.54, 1.807) is 0 Å². The van der Waals surface area contributed by atoms with Crippen LogP contribution >= 0.6 is 12.4 Å². The van der Waals surface area contributed by atoms with E-state index in [1.165, 1.54) is 19.3 Å². The van der Waals surface area contributed by atoms with Crippen molar-refractivity contribution >= 4 is 12.4 Å². The molecule has 4 heteroatoms. The molecule has 0 amide bonds. The highest BCUT2D eigenvalue weighted by Gasteiger charge is 2.27. The van der Waals surface area contributed by atoms with Gasteiger partial charge in [0.1, 0.15) is 0 Å². The van der Waals surface area contributed by atoms with Gasteiger partial charge in [-0.2, -0.15) is 0 Å². The molecule has 0 spiro atoms. The van der Waals surface area contributed by atoms with Crippen LogP contribution in [0, 0.1) is 11.3 Å². The first-order valence-electron chi connectivity index (χ1n) is 6.77. The Hall–Kier alpha value is 0.170. The SMILES string of the molecule is CCC(CC)(CC)CNCC1CNCC1O.Cl. The average Bonchev–Trinajstić information content (AvgIpc) is 2.71. The normalized spacial score (nSPS) is 24.7. The number of aliphatic hydroxyl groups is 1. The molecule has 0 aromatic heterocycles. The number of aliphatic hydroxyl groups excluding tert-OH is 1. The lowest BCUT2D eigenvalue weighted by Gasteiger charge is -2.31.